The highest BCUT2D eigenvalue weighted by atomic mass is 35.5. The molecule has 178 valence electrons. The summed E-state index contributed by atoms with van der Waals surface area (Å²) in [5, 5.41) is 11.8. The number of amidine groups is 1. The maximum absolute atomic E-state index is 12.8. The Morgan fingerprint density at radius 2 is 2.06 bits per heavy atom. The van der Waals surface area contributed by atoms with Crippen molar-refractivity contribution in [2.24, 2.45) is 4.99 Å². The standard InChI is InChI=1S/C24H18ClN3O6S/c1-3-33-23(30)14-5-4-6-15(11-14)26-24-27(2)22(29)21(35-24)13-17-8-10-20(34-17)18-12-16(28(31)32)7-9-19(18)25/h4-13H,3H2,1-2H3. The van der Waals surface area contributed by atoms with Gasteiger partial charge in [-0.15, -0.1) is 0 Å². The van der Waals surface area contributed by atoms with Crippen molar-refractivity contribution in [1.82, 2.24) is 4.90 Å². The van der Waals surface area contributed by atoms with Gasteiger partial charge in [-0.3, -0.25) is 19.8 Å². The summed E-state index contributed by atoms with van der Waals surface area (Å²) < 4.78 is 10.8. The predicted molar refractivity (Wildman–Crippen MR) is 134 cm³/mol. The number of furan rings is 1. The summed E-state index contributed by atoms with van der Waals surface area (Å²) in [6.45, 7) is 1.99. The van der Waals surface area contributed by atoms with Gasteiger partial charge in [-0.25, -0.2) is 9.79 Å². The average Bonchev–Trinajstić information content (AvgIpc) is 3.40. The summed E-state index contributed by atoms with van der Waals surface area (Å²) in [5.41, 5.74) is 1.12. The van der Waals surface area contributed by atoms with Crippen molar-refractivity contribution in [2.75, 3.05) is 13.7 Å². The maximum Gasteiger partial charge on any atom is 0.338 e. The number of likely N-dealkylation sites (N-methyl/N-ethyl adjacent to an activating group) is 1. The quantitative estimate of drug-likeness (QED) is 0.174. The molecule has 0 bridgehead atoms. The minimum absolute atomic E-state index is 0.114. The van der Waals surface area contributed by atoms with Crippen LogP contribution in [0.25, 0.3) is 17.4 Å². The van der Waals surface area contributed by atoms with Gasteiger partial charge >= 0.3 is 5.97 Å². The van der Waals surface area contributed by atoms with Crippen LogP contribution in [0.1, 0.15) is 23.0 Å². The number of carbonyl (C=O) groups is 2. The third-order valence-corrected chi connectivity index (χ3v) is 6.30. The van der Waals surface area contributed by atoms with Crippen molar-refractivity contribution >= 4 is 57.9 Å². The summed E-state index contributed by atoms with van der Waals surface area (Å²) in [5.74, 6) is -0.0193. The van der Waals surface area contributed by atoms with E-state index in [9.17, 15) is 19.7 Å². The van der Waals surface area contributed by atoms with Crippen LogP contribution < -0.4 is 0 Å². The molecule has 1 aliphatic heterocycles. The van der Waals surface area contributed by atoms with Gasteiger partial charge in [-0.1, -0.05) is 17.7 Å². The molecule has 1 saturated heterocycles. The SMILES string of the molecule is CCOC(=O)c1cccc(N=C2SC(=Cc3ccc(-c4cc([N+](=O)[O-])ccc4Cl)o3)C(=O)N2C)c1. The van der Waals surface area contributed by atoms with Crippen molar-refractivity contribution in [1.29, 1.82) is 0 Å². The molecule has 0 aliphatic carbocycles. The highest BCUT2D eigenvalue weighted by Crippen LogP contribution is 2.36. The molecular weight excluding hydrogens is 494 g/mol. The van der Waals surface area contributed by atoms with E-state index in [1.54, 1.807) is 56.4 Å². The molecule has 0 atom stereocenters. The Morgan fingerprint density at radius 1 is 1.26 bits per heavy atom. The first-order valence-electron chi connectivity index (χ1n) is 10.3. The van der Waals surface area contributed by atoms with Crippen LogP contribution in [0.2, 0.25) is 5.02 Å². The third kappa shape index (κ3) is 5.28. The van der Waals surface area contributed by atoms with E-state index >= 15 is 0 Å². The summed E-state index contributed by atoms with van der Waals surface area (Å²) in [6, 6.07) is 14.0. The number of nitro groups is 1. The highest BCUT2D eigenvalue weighted by molar-refractivity contribution is 8.18. The number of amides is 1. The van der Waals surface area contributed by atoms with E-state index in [0.717, 1.165) is 11.8 Å². The van der Waals surface area contributed by atoms with Gasteiger partial charge in [0.1, 0.15) is 11.5 Å². The van der Waals surface area contributed by atoms with Crippen molar-refractivity contribution < 1.29 is 23.7 Å². The van der Waals surface area contributed by atoms with Crippen LogP contribution >= 0.6 is 23.4 Å². The smallest absolute Gasteiger partial charge is 0.338 e. The fourth-order valence-electron chi connectivity index (χ4n) is 3.20. The topological polar surface area (TPSA) is 115 Å². The number of nitro benzene ring substituents is 1. The van der Waals surface area contributed by atoms with Crippen LogP contribution in [-0.4, -0.2) is 40.5 Å². The molecule has 11 heteroatoms. The number of thioether (sulfide) groups is 1. The monoisotopic (exact) mass is 511 g/mol. The lowest BCUT2D eigenvalue weighted by atomic mass is 10.1. The number of ether oxygens (including phenoxy) is 1. The lowest BCUT2D eigenvalue weighted by Gasteiger charge is -2.07. The molecule has 1 fully saturated rings. The number of rotatable bonds is 6. The van der Waals surface area contributed by atoms with Crippen LogP contribution in [0.4, 0.5) is 11.4 Å². The Morgan fingerprint density at radius 3 is 2.80 bits per heavy atom. The van der Waals surface area contributed by atoms with Gasteiger partial charge in [0.2, 0.25) is 0 Å². The molecule has 0 saturated carbocycles. The largest absolute Gasteiger partial charge is 0.462 e. The summed E-state index contributed by atoms with van der Waals surface area (Å²) in [7, 11) is 1.60. The van der Waals surface area contributed by atoms with Gasteiger partial charge in [0.15, 0.2) is 5.17 Å². The van der Waals surface area contributed by atoms with Gasteiger partial charge < -0.3 is 9.15 Å². The molecule has 1 aliphatic rings. The average molecular weight is 512 g/mol. The van der Waals surface area contributed by atoms with Crippen molar-refractivity contribution in [2.45, 2.75) is 6.92 Å². The highest BCUT2D eigenvalue weighted by Gasteiger charge is 2.31. The maximum atomic E-state index is 12.8. The first-order chi connectivity index (χ1) is 16.8. The minimum Gasteiger partial charge on any atom is -0.462 e. The summed E-state index contributed by atoms with van der Waals surface area (Å²) >= 11 is 7.35. The Labute approximate surface area is 209 Å². The number of aliphatic imine (C=N–C) groups is 1. The molecule has 3 aromatic rings. The minimum atomic E-state index is -0.515. The van der Waals surface area contributed by atoms with Crippen molar-refractivity contribution in [3.63, 3.8) is 0 Å². The zero-order valence-electron chi connectivity index (χ0n) is 18.6. The third-order valence-electron chi connectivity index (χ3n) is 4.91. The van der Waals surface area contributed by atoms with Crippen LogP contribution in [0.15, 0.2) is 68.9 Å². The predicted octanol–water partition coefficient (Wildman–Crippen LogP) is 5.92. The lowest BCUT2D eigenvalue weighted by Crippen LogP contribution is -2.23. The van der Waals surface area contributed by atoms with E-state index in [1.165, 1.54) is 23.1 Å². The second-order valence-corrected chi connectivity index (χ2v) is 8.68. The number of benzene rings is 2. The van der Waals surface area contributed by atoms with Gasteiger partial charge in [-0.2, -0.15) is 0 Å². The van der Waals surface area contributed by atoms with Gasteiger partial charge in [0.05, 0.1) is 32.7 Å². The fraction of sp³-hybridized carbons (Fsp3) is 0.125. The van der Waals surface area contributed by atoms with Gasteiger partial charge in [0, 0.05) is 30.8 Å². The number of carbonyl (C=O) groups excluding carboxylic acids is 2. The lowest BCUT2D eigenvalue weighted by molar-refractivity contribution is -0.384. The van der Waals surface area contributed by atoms with Crippen LogP contribution in [0.5, 0.6) is 0 Å². The molecule has 0 radical (unpaired) electrons. The Balaban J connectivity index is 1.58. The molecule has 1 amide bonds. The van der Waals surface area contributed by atoms with E-state index in [0.29, 0.717) is 43.4 Å². The summed E-state index contributed by atoms with van der Waals surface area (Å²) in [6.07, 6.45) is 1.57. The number of hydrogen-bond donors (Lipinski definition) is 0. The number of non-ortho nitro benzene ring substituents is 1. The van der Waals surface area contributed by atoms with E-state index in [-0.39, 0.29) is 18.2 Å². The first-order valence-corrected chi connectivity index (χ1v) is 11.5. The molecule has 0 N–H and O–H groups in total. The molecule has 9 nitrogen and oxygen atoms in total. The Kier molecular flexibility index (Phi) is 7.04. The number of esters is 1. The van der Waals surface area contributed by atoms with E-state index in [4.69, 9.17) is 20.8 Å². The number of hydrogen-bond acceptors (Lipinski definition) is 8. The Bertz CT molecular complexity index is 1400. The number of halogens is 1. The van der Waals surface area contributed by atoms with Gasteiger partial charge in [-0.05, 0) is 55.1 Å². The fourth-order valence-corrected chi connectivity index (χ4v) is 4.38. The summed E-state index contributed by atoms with van der Waals surface area (Å²) in [4.78, 5) is 41.6. The first kappa shape index (κ1) is 24.2. The second kappa shape index (κ2) is 10.2. The van der Waals surface area contributed by atoms with E-state index in [2.05, 4.69) is 4.99 Å². The van der Waals surface area contributed by atoms with Crippen molar-refractivity contribution in [3.05, 3.63) is 86.0 Å². The van der Waals surface area contributed by atoms with Crippen LogP contribution in [0.3, 0.4) is 0 Å². The molecule has 0 spiro atoms. The van der Waals surface area contributed by atoms with E-state index in [1.807, 2.05) is 0 Å². The Hall–Kier alpha value is -3.89. The molecule has 1 aromatic heterocycles. The van der Waals surface area contributed by atoms with Crippen LogP contribution in [-0.2, 0) is 9.53 Å². The zero-order valence-corrected chi connectivity index (χ0v) is 20.1. The van der Waals surface area contributed by atoms with Crippen molar-refractivity contribution in [3.8, 4) is 11.3 Å². The zero-order chi connectivity index (χ0) is 25.1. The molecule has 2 aromatic carbocycles. The molecule has 4 rings (SSSR count). The second-order valence-electron chi connectivity index (χ2n) is 7.26. The molecule has 0 unspecified atom stereocenters. The number of nitrogens with zero attached hydrogens (tertiary/aromatic N) is 3. The normalized spacial score (nSPS) is 15.7. The molecule has 2 heterocycles. The van der Waals surface area contributed by atoms with E-state index < -0.39 is 10.9 Å². The van der Waals surface area contributed by atoms with Gasteiger partial charge in [0.25, 0.3) is 11.6 Å². The molecular formula is C24H18ClN3O6S. The molecule has 35 heavy (non-hydrogen) atoms. The van der Waals surface area contributed by atoms with Crippen LogP contribution in [0, 0.1) is 10.1 Å².